The average molecular weight is 538 g/mol. The number of nitrogens with zero attached hydrogens (tertiary/aromatic N) is 4. The standard InChI is InChI=1S/C34H27N5O2/c35-33-37-38-34-36-27(21-29(40)31(23-13-5-1-6-14-23)24-15-7-2-8-16-24)28(39(33)34)22-30(41)32(25-17-9-3-10-18-25)26-19-11-4-12-20-26/h1-20,22,31-32H,21H2,(H2,35,37)/b28-22+. The van der Waals surface area contributed by atoms with Crippen LogP contribution in [0.3, 0.4) is 0 Å². The van der Waals surface area contributed by atoms with Crippen molar-refractivity contribution in [1.82, 2.24) is 19.6 Å². The largest absolute Gasteiger partial charge is 0.368 e. The molecule has 0 atom stereocenters. The second-order valence-electron chi connectivity index (χ2n) is 9.84. The van der Waals surface area contributed by atoms with Crippen molar-refractivity contribution >= 4 is 29.4 Å². The Balaban J connectivity index is 1.45. The molecule has 0 aliphatic rings. The molecule has 2 heterocycles. The molecule has 2 aromatic heterocycles. The number of ketones is 2. The topological polar surface area (TPSA) is 103 Å². The number of imidazole rings is 1. The molecule has 6 aromatic rings. The lowest BCUT2D eigenvalue weighted by molar-refractivity contribution is -0.119. The summed E-state index contributed by atoms with van der Waals surface area (Å²) in [5.41, 5.74) is 10.1. The molecule has 7 heteroatoms. The fraction of sp³-hybridized carbons (Fsp3) is 0.0882. The van der Waals surface area contributed by atoms with Crippen molar-refractivity contribution in [3.8, 4) is 0 Å². The highest BCUT2D eigenvalue weighted by atomic mass is 16.1. The lowest BCUT2D eigenvalue weighted by atomic mass is 9.85. The summed E-state index contributed by atoms with van der Waals surface area (Å²) in [5.74, 6) is -0.923. The van der Waals surface area contributed by atoms with Crippen LogP contribution >= 0.6 is 0 Å². The smallest absolute Gasteiger partial charge is 0.257 e. The van der Waals surface area contributed by atoms with Gasteiger partial charge in [0.1, 0.15) is 0 Å². The van der Waals surface area contributed by atoms with Crippen LogP contribution < -0.4 is 11.1 Å². The summed E-state index contributed by atoms with van der Waals surface area (Å²) in [6.07, 6.45) is 1.50. The zero-order chi connectivity index (χ0) is 28.2. The molecule has 0 aliphatic carbocycles. The number of carbonyl (C=O) groups excluding carboxylic acids is 2. The minimum Gasteiger partial charge on any atom is -0.368 e. The van der Waals surface area contributed by atoms with E-state index in [1.807, 2.05) is 121 Å². The van der Waals surface area contributed by atoms with E-state index in [2.05, 4.69) is 15.2 Å². The SMILES string of the molecule is Nc1nnc2nc(CC(=O)C(c3ccccc3)c3ccccc3)/c(=C\C(=O)C(c3ccccc3)c3ccccc3)n12. The number of nitrogens with two attached hydrogens (primary N) is 1. The third kappa shape index (κ3) is 5.25. The van der Waals surface area contributed by atoms with Gasteiger partial charge in [-0.1, -0.05) is 121 Å². The van der Waals surface area contributed by atoms with E-state index in [0.717, 1.165) is 22.3 Å². The molecule has 4 aromatic carbocycles. The van der Waals surface area contributed by atoms with Crippen molar-refractivity contribution in [3.05, 3.63) is 155 Å². The van der Waals surface area contributed by atoms with Crippen molar-refractivity contribution in [2.24, 2.45) is 0 Å². The van der Waals surface area contributed by atoms with Crippen LogP contribution in [0.4, 0.5) is 5.95 Å². The molecule has 200 valence electrons. The molecule has 2 N–H and O–H groups in total. The maximum absolute atomic E-state index is 14.0. The normalized spacial score (nSPS) is 11.9. The van der Waals surface area contributed by atoms with Gasteiger partial charge in [-0.3, -0.25) is 9.59 Å². The fourth-order valence-corrected chi connectivity index (χ4v) is 5.33. The minimum absolute atomic E-state index is 0.0162. The molecule has 6 rings (SSSR count). The molecule has 0 spiro atoms. The molecule has 0 unspecified atom stereocenters. The van der Waals surface area contributed by atoms with Gasteiger partial charge in [-0.15, -0.1) is 10.2 Å². The summed E-state index contributed by atoms with van der Waals surface area (Å²) in [5, 5.41) is 8.43. The first-order valence-electron chi connectivity index (χ1n) is 13.4. The lowest BCUT2D eigenvalue weighted by Crippen LogP contribution is -2.24. The van der Waals surface area contributed by atoms with Gasteiger partial charge in [-0.2, -0.15) is 0 Å². The predicted molar refractivity (Wildman–Crippen MR) is 158 cm³/mol. The highest BCUT2D eigenvalue weighted by molar-refractivity contribution is 6.11. The number of benzene rings is 4. The first-order chi connectivity index (χ1) is 20.1. The van der Waals surface area contributed by atoms with Gasteiger partial charge in [0.2, 0.25) is 5.95 Å². The van der Waals surface area contributed by atoms with E-state index in [1.54, 1.807) is 0 Å². The molecular weight excluding hydrogens is 510 g/mol. The Kier molecular flexibility index (Phi) is 7.15. The number of rotatable bonds is 9. The average Bonchev–Trinajstić information content (AvgIpc) is 3.54. The van der Waals surface area contributed by atoms with Crippen LogP contribution in [-0.4, -0.2) is 31.1 Å². The fourth-order valence-electron chi connectivity index (χ4n) is 5.33. The number of carbonyl (C=O) groups is 2. The van der Waals surface area contributed by atoms with Gasteiger partial charge in [0, 0.05) is 6.08 Å². The first-order valence-corrected chi connectivity index (χ1v) is 13.4. The summed E-state index contributed by atoms with van der Waals surface area (Å²) < 4.78 is 1.54. The van der Waals surface area contributed by atoms with Crippen LogP contribution in [0, 0.1) is 0 Å². The third-order valence-electron chi connectivity index (χ3n) is 7.20. The van der Waals surface area contributed by atoms with Gasteiger partial charge in [-0.05, 0) is 22.3 Å². The molecule has 0 bridgehead atoms. The minimum atomic E-state index is -0.551. The summed E-state index contributed by atoms with van der Waals surface area (Å²) >= 11 is 0. The van der Waals surface area contributed by atoms with Crippen LogP contribution in [0.5, 0.6) is 0 Å². The van der Waals surface area contributed by atoms with Crippen molar-refractivity contribution in [2.75, 3.05) is 5.73 Å². The number of aromatic nitrogens is 4. The molecule has 0 saturated carbocycles. The maximum Gasteiger partial charge on any atom is 0.257 e. The second-order valence-corrected chi connectivity index (χ2v) is 9.84. The molecule has 7 nitrogen and oxygen atoms in total. The second kappa shape index (κ2) is 11.4. The van der Waals surface area contributed by atoms with Gasteiger partial charge in [0.25, 0.3) is 5.78 Å². The summed E-state index contributed by atoms with van der Waals surface area (Å²) in [7, 11) is 0. The summed E-state index contributed by atoms with van der Waals surface area (Å²) in [6, 6.07) is 38.6. The van der Waals surface area contributed by atoms with Crippen LogP contribution in [0.15, 0.2) is 121 Å². The van der Waals surface area contributed by atoms with Crippen LogP contribution in [0.25, 0.3) is 11.9 Å². The Bertz CT molecular complexity index is 1780. The van der Waals surface area contributed by atoms with Crippen molar-refractivity contribution in [3.63, 3.8) is 0 Å². The van der Waals surface area contributed by atoms with E-state index in [9.17, 15) is 9.59 Å². The molecule has 0 aliphatic heterocycles. The van der Waals surface area contributed by atoms with E-state index < -0.39 is 11.8 Å². The van der Waals surface area contributed by atoms with Gasteiger partial charge >= 0.3 is 0 Å². The van der Waals surface area contributed by atoms with Crippen LogP contribution in [0.2, 0.25) is 0 Å². The Morgan fingerprint density at radius 1 is 0.659 bits per heavy atom. The maximum atomic E-state index is 14.0. The number of fused-ring (bicyclic) bond motifs is 1. The number of hydrogen-bond acceptors (Lipinski definition) is 6. The zero-order valence-corrected chi connectivity index (χ0v) is 22.2. The lowest BCUT2D eigenvalue weighted by Gasteiger charge is -2.17. The Morgan fingerprint density at radius 3 is 1.56 bits per heavy atom. The monoisotopic (exact) mass is 537 g/mol. The molecular formula is C34H27N5O2. The number of Topliss-reactive ketones (excluding diaryl/α,β-unsaturated/α-hetero) is 2. The molecule has 41 heavy (non-hydrogen) atoms. The van der Waals surface area contributed by atoms with Gasteiger partial charge in [-0.25, -0.2) is 9.38 Å². The molecule has 0 radical (unpaired) electrons. The van der Waals surface area contributed by atoms with E-state index in [1.165, 1.54) is 10.5 Å². The third-order valence-corrected chi connectivity index (χ3v) is 7.20. The highest BCUT2D eigenvalue weighted by Gasteiger charge is 2.26. The summed E-state index contributed by atoms with van der Waals surface area (Å²) in [4.78, 5) is 32.6. The first kappa shape index (κ1) is 25.8. The Morgan fingerprint density at radius 2 is 1.10 bits per heavy atom. The van der Waals surface area contributed by atoms with E-state index in [-0.39, 0.29) is 29.7 Å². The van der Waals surface area contributed by atoms with Crippen molar-refractivity contribution < 1.29 is 9.59 Å². The zero-order valence-electron chi connectivity index (χ0n) is 22.2. The van der Waals surface area contributed by atoms with Crippen LogP contribution in [-0.2, 0) is 16.0 Å². The number of anilines is 1. The van der Waals surface area contributed by atoms with E-state index in [4.69, 9.17) is 5.73 Å². The van der Waals surface area contributed by atoms with Crippen molar-refractivity contribution in [1.29, 1.82) is 0 Å². The van der Waals surface area contributed by atoms with Gasteiger partial charge in [0.05, 0.1) is 29.3 Å². The van der Waals surface area contributed by atoms with Crippen LogP contribution in [0.1, 0.15) is 39.8 Å². The van der Waals surface area contributed by atoms with Gasteiger partial charge < -0.3 is 5.73 Å². The Hall–Kier alpha value is -5.43. The Labute approximate surface area is 237 Å². The predicted octanol–water partition coefficient (Wildman–Crippen LogP) is 4.55. The molecule has 0 fully saturated rings. The van der Waals surface area contributed by atoms with Gasteiger partial charge in [0.15, 0.2) is 11.6 Å². The number of nitrogen functional groups attached to an aromatic ring is 1. The van der Waals surface area contributed by atoms with E-state index in [0.29, 0.717) is 11.0 Å². The quantitative estimate of drug-likeness (QED) is 0.290. The summed E-state index contributed by atoms with van der Waals surface area (Å²) in [6.45, 7) is 0. The van der Waals surface area contributed by atoms with E-state index >= 15 is 0 Å². The highest BCUT2D eigenvalue weighted by Crippen LogP contribution is 2.28. The molecule has 0 amide bonds. The number of hydrogen-bond donors (Lipinski definition) is 1. The molecule has 0 saturated heterocycles. The van der Waals surface area contributed by atoms with Crippen molar-refractivity contribution in [2.45, 2.75) is 18.3 Å².